The number of carbonyl (C=O) groups is 2. The van der Waals surface area contributed by atoms with Crippen LogP contribution in [0.25, 0.3) is 0 Å². The molecular weight excluding hydrogens is 352 g/mol. The van der Waals surface area contributed by atoms with Crippen molar-refractivity contribution < 1.29 is 9.59 Å². The number of nitrogens with zero attached hydrogens (tertiary/aromatic N) is 2. The fourth-order valence-electron chi connectivity index (χ4n) is 4.29. The van der Waals surface area contributed by atoms with Gasteiger partial charge in [-0.2, -0.15) is 0 Å². The zero-order chi connectivity index (χ0) is 17.6. The third-order valence-electron chi connectivity index (χ3n) is 6.04. The van der Waals surface area contributed by atoms with Gasteiger partial charge in [0.05, 0.1) is 12.6 Å². The average Bonchev–Trinajstić information content (AvgIpc) is 3.15. The Morgan fingerprint density at radius 1 is 1.08 bits per heavy atom. The first-order chi connectivity index (χ1) is 12.1. The van der Waals surface area contributed by atoms with E-state index in [0.717, 1.165) is 83.7 Å². The molecule has 26 heavy (non-hydrogen) atoms. The molecule has 0 saturated carbocycles. The normalized spacial score (nSPS) is 27.8. The van der Waals surface area contributed by atoms with E-state index in [4.69, 9.17) is 0 Å². The molecule has 7 heteroatoms. The van der Waals surface area contributed by atoms with Gasteiger partial charge in [0.1, 0.15) is 0 Å². The molecule has 3 aliphatic rings. The Hall–Kier alpha value is -0.850. The summed E-state index contributed by atoms with van der Waals surface area (Å²) in [6.45, 7) is 8.27. The highest BCUT2D eigenvalue weighted by molar-refractivity contribution is 5.85. The highest BCUT2D eigenvalue weighted by Crippen LogP contribution is 2.19. The summed E-state index contributed by atoms with van der Waals surface area (Å²) in [6, 6.07) is 0.00256. The molecule has 0 radical (unpaired) electrons. The van der Waals surface area contributed by atoms with E-state index < -0.39 is 0 Å². The van der Waals surface area contributed by atoms with E-state index in [-0.39, 0.29) is 30.3 Å². The first-order valence-electron chi connectivity index (χ1n) is 10.1. The summed E-state index contributed by atoms with van der Waals surface area (Å²) in [5.74, 6) is 1.65. The van der Waals surface area contributed by atoms with Crippen LogP contribution in [0.15, 0.2) is 0 Å². The highest BCUT2D eigenvalue weighted by atomic mass is 35.5. The van der Waals surface area contributed by atoms with Gasteiger partial charge in [-0.15, -0.1) is 12.4 Å². The van der Waals surface area contributed by atoms with Crippen LogP contribution in [0.1, 0.15) is 45.4 Å². The molecule has 0 aliphatic carbocycles. The molecule has 0 aromatic heterocycles. The van der Waals surface area contributed by atoms with Crippen LogP contribution in [-0.2, 0) is 9.59 Å². The second-order valence-electron chi connectivity index (χ2n) is 8.20. The Kier molecular flexibility index (Phi) is 8.64. The summed E-state index contributed by atoms with van der Waals surface area (Å²) in [5, 5.41) is 6.36. The number of halogens is 1. The topological polar surface area (TPSA) is 64.7 Å². The number of hydrogen-bond acceptors (Lipinski definition) is 4. The predicted octanol–water partition coefficient (Wildman–Crippen LogP) is 1.25. The van der Waals surface area contributed by atoms with Gasteiger partial charge in [-0.1, -0.05) is 6.92 Å². The van der Waals surface area contributed by atoms with Crippen molar-refractivity contribution in [3.63, 3.8) is 0 Å². The van der Waals surface area contributed by atoms with Gasteiger partial charge in [0.15, 0.2) is 0 Å². The second-order valence-corrected chi connectivity index (χ2v) is 8.20. The molecule has 2 amide bonds. The summed E-state index contributed by atoms with van der Waals surface area (Å²) in [5.41, 5.74) is 0. The molecule has 2 atom stereocenters. The van der Waals surface area contributed by atoms with E-state index in [9.17, 15) is 9.59 Å². The molecule has 2 N–H and O–H groups in total. The summed E-state index contributed by atoms with van der Waals surface area (Å²) in [7, 11) is 0. The van der Waals surface area contributed by atoms with Crippen molar-refractivity contribution in [3.8, 4) is 0 Å². The predicted molar refractivity (Wildman–Crippen MR) is 105 cm³/mol. The van der Waals surface area contributed by atoms with E-state index in [1.54, 1.807) is 0 Å². The van der Waals surface area contributed by atoms with E-state index in [0.29, 0.717) is 12.5 Å². The number of carbonyl (C=O) groups excluding carboxylic acids is 2. The van der Waals surface area contributed by atoms with Crippen molar-refractivity contribution in [2.45, 2.75) is 51.5 Å². The third kappa shape index (κ3) is 6.10. The highest BCUT2D eigenvalue weighted by Gasteiger charge is 2.27. The molecule has 3 rings (SSSR count). The molecule has 6 nitrogen and oxygen atoms in total. The Bertz CT molecular complexity index is 462. The van der Waals surface area contributed by atoms with Crippen LogP contribution in [0.4, 0.5) is 0 Å². The minimum atomic E-state index is 0. The van der Waals surface area contributed by atoms with Crippen molar-refractivity contribution in [1.29, 1.82) is 0 Å². The standard InChI is InChI=1S/C19H34N4O2.ClH/c1-15-6-10-23(11-7-15)18(24)14-22-9-3-4-16(13-22)12-21-19(25)17-5-2-8-20-17;/h15-17,20H,2-14H2,1H3,(H,21,25);1H. The van der Waals surface area contributed by atoms with Crippen LogP contribution in [0.5, 0.6) is 0 Å². The van der Waals surface area contributed by atoms with Crippen molar-refractivity contribution in [2.24, 2.45) is 11.8 Å². The van der Waals surface area contributed by atoms with E-state index in [1.165, 1.54) is 0 Å². The van der Waals surface area contributed by atoms with Crippen molar-refractivity contribution in [1.82, 2.24) is 20.4 Å². The Morgan fingerprint density at radius 3 is 2.54 bits per heavy atom. The zero-order valence-electron chi connectivity index (χ0n) is 16.0. The van der Waals surface area contributed by atoms with E-state index >= 15 is 0 Å². The molecule has 3 saturated heterocycles. The lowest BCUT2D eigenvalue weighted by atomic mass is 9.97. The first kappa shape index (κ1) is 21.5. The van der Waals surface area contributed by atoms with Crippen molar-refractivity contribution in [3.05, 3.63) is 0 Å². The van der Waals surface area contributed by atoms with Gasteiger partial charge in [0, 0.05) is 26.2 Å². The number of hydrogen-bond donors (Lipinski definition) is 2. The number of piperidine rings is 2. The monoisotopic (exact) mass is 386 g/mol. The summed E-state index contributed by atoms with van der Waals surface area (Å²) >= 11 is 0. The smallest absolute Gasteiger partial charge is 0.237 e. The maximum atomic E-state index is 12.5. The minimum absolute atomic E-state index is 0. The molecule has 150 valence electrons. The van der Waals surface area contributed by atoms with Crippen molar-refractivity contribution in [2.75, 3.05) is 45.8 Å². The molecule has 0 bridgehead atoms. The summed E-state index contributed by atoms with van der Waals surface area (Å²) in [4.78, 5) is 29.0. The number of rotatable bonds is 5. The quantitative estimate of drug-likeness (QED) is 0.746. The molecule has 0 aromatic rings. The fraction of sp³-hybridized carbons (Fsp3) is 0.895. The number of nitrogens with one attached hydrogen (secondary N) is 2. The Labute approximate surface area is 163 Å². The molecular formula is C19H35ClN4O2. The van der Waals surface area contributed by atoms with Gasteiger partial charge in [-0.05, 0) is 63.5 Å². The van der Waals surface area contributed by atoms with Crippen LogP contribution < -0.4 is 10.6 Å². The Balaban J connectivity index is 0.00000243. The summed E-state index contributed by atoms with van der Waals surface area (Å²) in [6.07, 6.45) is 6.57. The summed E-state index contributed by atoms with van der Waals surface area (Å²) < 4.78 is 0. The number of amides is 2. The van der Waals surface area contributed by atoms with Gasteiger partial charge in [-0.3, -0.25) is 14.5 Å². The van der Waals surface area contributed by atoms with Crippen LogP contribution in [-0.4, -0.2) is 73.5 Å². The van der Waals surface area contributed by atoms with Gasteiger partial charge in [-0.25, -0.2) is 0 Å². The first-order valence-corrected chi connectivity index (χ1v) is 10.1. The van der Waals surface area contributed by atoms with Crippen LogP contribution in [0.3, 0.4) is 0 Å². The molecule has 0 aromatic carbocycles. The molecule has 0 spiro atoms. The molecule has 3 heterocycles. The van der Waals surface area contributed by atoms with Gasteiger partial charge in [0.2, 0.25) is 11.8 Å². The van der Waals surface area contributed by atoms with Crippen LogP contribution >= 0.6 is 12.4 Å². The van der Waals surface area contributed by atoms with Crippen LogP contribution in [0.2, 0.25) is 0 Å². The average molecular weight is 387 g/mol. The Morgan fingerprint density at radius 2 is 1.85 bits per heavy atom. The minimum Gasteiger partial charge on any atom is -0.354 e. The van der Waals surface area contributed by atoms with Crippen LogP contribution in [0, 0.1) is 11.8 Å². The zero-order valence-corrected chi connectivity index (χ0v) is 16.9. The lowest BCUT2D eigenvalue weighted by Gasteiger charge is -2.35. The maximum absolute atomic E-state index is 12.5. The fourth-order valence-corrected chi connectivity index (χ4v) is 4.29. The molecule has 3 fully saturated rings. The lowest BCUT2D eigenvalue weighted by Crippen LogP contribution is -2.48. The van der Waals surface area contributed by atoms with Crippen molar-refractivity contribution >= 4 is 24.2 Å². The van der Waals surface area contributed by atoms with E-state index in [2.05, 4.69) is 22.5 Å². The van der Waals surface area contributed by atoms with E-state index in [1.807, 2.05) is 4.90 Å². The molecule has 3 aliphatic heterocycles. The largest absolute Gasteiger partial charge is 0.354 e. The molecule has 2 unspecified atom stereocenters. The van der Waals surface area contributed by atoms with Gasteiger partial charge >= 0.3 is 0 Å². The third-order valence-corrected chi connectivity index (χ3v) is 6.04. The lowest BCUT2D eigenvalue weighted by molar-refractivity contribution is -0.134. The maximum Gasteiger partial charge on any atom is 0.237 e. The second kappa shape index (κ2) is 10.5. The SMILES string of the molecule is CC1CCN(C(=O)CN2CCCC(CNC(=O)C3CCCN3)C2)CC1.Cl. The van der Waals surface area contributed by atoms with Gasteiger partial charge < -0.3 is 15.5 Å². The number of likely N-dealkylation sites (tertiary alicyclic amines) is 2. The van der Waals surface area contributed by atoms with Gasteiger partial charge in [0.25, 0.3) is 0 Å².